The van der Waals surface area contributed by atoms with E-state index in [1.54, 1.807) is 0 Å². The lowest BCUT2D eigenvalue weighted by atomic mass is 9.99. The Morgan fingerprint density at radius 3 is 2.56 bits per heavy atom. The van der Waals surface area contributed by atoms with Crippen molar-refractivity contribution in [2.75, 3.05) is 26.3 Å². The van der Waals surface area contributed by atoms with Crippen LogP contribution in [0.5, 0.6) is 0 Å². The largest absolute Gasteiger partial charge is 0.378 e. The second-order valence-electron chi connectivity index (χ2n) is 5.82. The molecule has 0 amide bonds. The first kappa shape index (κ1) is 16.2. The van der Waals surface area contributed by atoms with E-state index >= 15 is 0 Å². The van der Waals surface area contributed by atoms with E-state index in [2.05, 4.69) is 32.6 Å². The Hall–Kier alpha value is 0.170. The van der Waals surface area contributed by atoms with Crippen LogP contribution in [0.4, 0.5) is 0 Å². The van der Waals surface area contributed by atoms with Gasteiger partial charge >= 0.3 is 0 Å². The minimum Gasteiger partial charge on any atom is -0.378 e. The van der Waals surface area contributed by atoms with Crippen molar-refractivity contribution in [1.82, 2.24) is 4.90 Å². The maximum absolute atomic E-state index is 6.08. The van der Waals surface area contributed by atoms with Crippen LogP contribution in [0.3, 0.4) is 0 Å². The highest BCUT2D eigenvalue weighted by Crippen LogP contribution is 2.17. The van der Waals surface area contributed by atoms with Gasteiger partial charge in [0.1, 0.15) is 0 Å². The SMILES string of the molecule is CC(C)CC1COCCN1CC(C)(C)N.Cl. The van der Waals surface area contributed by atoms with Gasteiger partial charge in [-0.15, -0.1) is 12.4 Å². The summed E-state index contributed by atoms with van der Waals surface area (Å²) in [5.74, 6) is 0.722. The molecule has 98 valence electrons. The van der Waals surface area contributed by atoms with Crippen LogP contribution in [0.25, 0.3) is 0 Å². The number of morpholine rings is 1. The molecular formula is C12H27ClN2O. The van der Waals surface area contributed by atoms with Crippen LogP contribution in [-0.4, -0.2) is 42.8 Å². The second-order valence-corrected chi connectivity index (χ2v) is 5.82. The lowest BCUT2D eigenvalue weighted by Crippen LogP contribution is -2.54. The third-order valence-electron chi connectivity index (χ3n) is 2.70. The first-order valence-corrected chi connectivity index (χ1v) is 5.99. The first-order valence-electron chi connectivity index (χ1n) is 5.99. The fourth-order valence-corrected chi connectivity index (χ4v) is 2.18. The Labute approximate surface area is 106 Å². The fraction of sp³-hybridized carbons (Fsp3) is 1.00. The topological polar surface area (TPSA) is 38.5 Å². The lowest BCUT2D eigenvalue weighted by molar-refractivity contribution is -0.0214. The van der Waals surface area contributed by atoms with E-state index in [1.165, 1.54) is 6.42 Å². The predicted octanol–water partition coefficient (Wildman–Crippen LogP) is 1.89. The smallest absolute Gasteiger partial charge is 0.0622 e. The molecule has 1 aliphatic heterocycles. The zero-order chi connectivity index (χ0) is 11.5. The molecule has 0 aliphatic carbocycles. The number of ether oxygens (including phenoxy) is 1. The van der Waals surface area contributed by atoms with Gasteiger partial charge in [-0.3, -0.25) is 4.90 Å². The Balaban J connectivity index is 0.00000225. The average Bonchev–Trinajstić information content (AvgIpc) is 2.05. The molecule has 16 heavy (non-hydrogen) atoms. The first-order chi connectivity index (χ1) is 6.88. The molecule has 1 aliphatic rings. The summed E-state index contributed by atoms with van der Waals surface area (Å²) in [4.78, 5) is 2.49. The number of nitrogens with two attached hydrogens (primary N) is 1. The van der Waals surface area contributed by atoms with E-state index in [1.807, 2.05) is 0 Å². The van der Waals surface area contributed by atoms with Crippen LogP contribution in [-0.2, 0) is 4.74 Å². The Morgan fingerprint density at radius 1 is 1.44 bits per heavy atom. The van der Waals surface area contributed by atoms with Crippen LogP contribution >= 0.6 is 12.4 Å². The summed E-state index contributed by atoms with van der Waals surface area (Å²) < 4.78 is 5.55. The average molecular weight is 251 g/mol. The minimum atomic E-state index is -0.105. The van der Waals surface area contributed by atoms with Crippen molar-refractivity contribution in [3.8, 4) is 0 Å². The highest BCUT2D eigenvalue weighted by molar-refractivity contribution is 5.85. The molecule has 3 nitrogen and oxygen atoms in total. The minimum absolute atomic E-state index is 0. The van der Waals surface area contributed by atoms with Crippen LogP contribution in [0.15, 0.2) is 0 Å². The molecule has 2 N–H and O–H groups in total. The van der Waals surface area contributed by atoms with E-state index in [-0.39, 0.29) is 17.9 Å². The van der Waals surface area contributed by atoms with E-state index in [4.69, 9.17) is 10.5 Å². The molecule has 1 unspecified atom stereocenters. The van der Waals surface area contributed by atoms with Crippen LogP contribution in [0, 0.1) is 5.92 Å². The van der Waals surface area contributed by atoms with E-state index < -0.39 is 0 Å². The van der Waals surface area contributed by atoms with Crippen molar-refractivity contribution < 1.29 is 4.74 Å². The van der Waals surface area contributed by atoms with Gasteiger partial charge in [-0.05, 0) is 26.2 Å². The Bertz CT molecular complexity index is 192. The van der Waals surface area contributed by atoms with Gasteiger partial charge in [0.15, 0.2) is 0 Å². The number of rotatable bonds is 4. The molecule has 1 heterocycles. The van der Waals surface area contributed by atoms with Crippen molar-refractivity contribution in [2.45, 2.75) is 45.7 Å². The van der Waals surface area contributed by atoms with Gasteiger partial charge in [-0.25, -0.2) is 0 Å². The van der Waals surface area contributed by atoms with E-state index in [0.717, 1.165) is 32.2 Å². The third-order valence-corrected chi connectivity index (χ3v) is 2.70. The molecule has 0 aromatic carbocycles. The van der Waals surface area contributed by atoms with Crippen molar-refractivity contribution in [3.63, 3.8) is 0 Å². The van der Waals surface area contributed by atoms with Crippen LogP contribution in [0.2, 0.25) is 0 Å². The Kier molecular flexibility index (Phi) is 6.87. The summed E-state index contributed by atoms with van der Waals surface area (Å²) in [6.07, 6.45) is 1.20. The number of halogens is 1. The van der Waals surface area contributed by atoms with Gasteiger partial charge in [0.2, 0.25) is 0 Å². The highest BCUT2D eigenvalue weighted by atomic mass is 35.5. The van der Waals surface area contributed by atoms with Gasteiger partial charge in [0.05, 0.1) is 13.2 Å². The van der Waals surface area contributed by atoms with Gasteiger partial charge in [-0.1, -0.05) is 13.8 Å². The van der Waals surface area contributed by atoms with Gasteiger partial charge in [-0.2, -0.15) is 0 Å². The second kappa shape index (κ2) is 6.80. The molecular weight excluding hydrogens is 224 g/mol. The molecule has 0 radical (unpaired) electrons. The summed E-state index contributed by atoms with van der Waals surface area (Å²) in [7, 11) is 0. The van der Waals surface area contributed by atoms with Crippen LogP contribution in [0.1, 0.15) is 34.1 Å². The van der Waals surface area contributed by atoms with Gasteiger partial charge < -0.3 is 10.5 Å². The molecule has 0 aromatic rings. The van der Waals surface area contributed by atoms with E-state index in [9.17, 15) is 0 Å². The summed E-state index contributed by atoms with van der Waals surface area (Å²) in [5, 5.41) is 0. The Morgan fingerprint density at radius 2 is 2.06 bits per heavy atom. The number of nitrogens with zero attached hydrogens (tertiary/aromatic N) is 1. The van der Waals surface area contributed by atoms with Crippen molar-refractivity contribution in [2.24, 2.45) is 11.7 Å². The van der Waals surface area contributed by atoms with Gasteiger partial charge in [0.25, 0.3) is 0 Å². The molecule has 0 bridgehead atoms. The zero-order valence-corrected chi connectivity index (χ0v) is 11.8. The highest BCUT2D eigenvalue weighted by Gasteiger charge is 2.27. The van der Waals surface area contributed by atoms with Gasteiger partial charge in [0, 0.05) is 24.7 Å². The molecule has 1 atom stereocenters. The van der Waals surface area contributed by atoms with Crippen molar-refractivity contribution in [1.29, 1.82) is 0 Å². The predicted molar refractivity (Wildman–Crippen MR) is 71.1 cm³/mol. The molecule has 4 heteroatoms. The van der Waals surface area contributed by atoms with Crippen LogP contribution < -0.4 is 5.73 Å². The molecule has 0 spiro atoms. The lowest BCUT2D eigenvalue weighted by Gasteiger charge is -2.39. The zero-order valence-electron chi connectivity index (χ0n) is 11.0. The fourth-order valence-electron chi connectivity index (χ4n) is 2.18. The van der Waals surface area contributed by atoms with E-state index in [0.29, 0.717) is 6.04 Å². The number of hydrogen-bond donors (Lipinski definition) is 1. The van der Waals surface area contributed by atoms with Crippen molar-refractivity contribution in [3.05, 3.63) is 0 Å². The normalized spacial score (nSPS) is 23.2. The van der Waals surface area contributed by atoms with Crippen molar-refractivity contribution >= 4 is 12.4 Å². The maximum atomic E-state index is 6.08. The monoisotopic (exact) mass is 250 g/mol. The number of hydrogen-bond acceptors (Lipinski definition) is 3. The quantitative estimate of drug-likeness (QED) is 0.828. The molecule has 1 fully saturated rings. The summed E-state index contributed by atoms with van der Waals surface area (Å²) in [6, 6.07) is 0.557. The molecule has 1 saturated heterocycles. The summed E-state index contributed by atoms with van der Waals surface area (Å²) >= 11 is 0. The summed E-state index contributed by atoms with van der Waals surface area (Å²) in [6.45, 7) is 12.4. The molecule has 0 saturated carbocycles. The molecule has 0 aromatic heterocycles. The summed E-state index contributed by atoms with van der Waals surface area (Å²) in [5.41, 5.74) is 5.97. The standard InChI is InChI=1S/C12H26N2O.ClH/c1-10(2)7-11-8-15-6-5-14(11)9-12(3,4)13;/h10-11H,5-9,13H2,1-4H3;1H. The third kappa shape index (κ3) is 6.04. The maximum Gasteiger partial charge on any atom is 0.0622 e. The molecule has 1 rings (SSSR count).